The van der Waals surface area contributed by atoms with Gasteiger partial charge in [-0.15, -0.1) is 0 Å². The van der Waals surface area contributed by atoms with Crippen LogP contribution < -0.4 is 4.90 Å². The van der Waals surface area contributed by atoms with Crippen LogP contribution in [0.1, 0.15) is 47.4 Å². The fraction of sp³-hybridized carbons (Fsp3) is 0.615. The van der Waals surface area contributed by atoms with E-state index in [1.807, 2.05) is 0 Å². The summed E-state index contributed by atoms with van der Waals surface area (Å²) in [7, 11) is 0. The molecule has 0 saturated carbocycles. The standard InChI is InChI=1S/C13H17N3O2/c17-12(18)11-9-5-4-6-10(9)14-13(15-11)16-7-2-1-3-8-16/h1-8H2,(H,17,18). The topological polar surface area (TPSA) is 66.3 Å². The van der Waals surface area contributed by atoms with Crippen molar-refractivity contribution in [2.24, 2.45) is 0 Å². The molecule has 1 saturated heterocycles. The normalized spacial score (nSPS) is 18.8. The lowest BCUT2D eigenvalue weighted by atomic mass is 10.1. The number of aromatic carboxylic acids is 1. The zero-order chi connectivity index (χ0) is 12.5. The number of carboxylic acids is 1. The highest BCUT2D eigenvalue weighted by molar-refractivity contribution is 5.88. The summed E-state index contributed by atoms with van der Waals surface area (Å²) < 4.78 is 0. The Labute approximate surface area is 106 Å². The maximum absolute atomic E-state index is 11.3. The zero-order valence-electron chi connectivity index (χ0n) is 10.4. The molecule has 2 heterocycles. The van der Waals surface area contributed by atoms with E-state index in [4.69, 9.17) is 0 Å². The summed E-state index contributed by atoms with van der Waals surface area (Å²) in [5.74, 6) is -0.304. The van der Waals surface area contributed by atoms with Crippen LogP contribution in [0.4, 0.5) is 5.95 Å². The van der Waals surface area contributed by atoms with Crippen LogP contribution in [0.5, 0.6) is 0 Å². The number of piperidine rings is 1. The second kappa shape index (κ2) is 4.55. The highest BCUT2D eigenvalue weighted by atomic mass is 16.4. The Balaban J connectivity index is 2.00. The lowest BCUT2D eigenvalue weighted by Gasteiger charge is -2.27. The molecule has 0 aromatic carbocycles. The summed E-state index contributed by atoms with van der Waals surface area (Å²) >= 11 is 0. The van der Waals surface area contributed by atoms with E-state index in [1.165, 1.54) is 6.42 Å². The van der Waals surface area contributed by atoms with Gasteiger partial charge in [-0.2, -0.15) is 0 Å². The van der Waals surface area contributed by atoms with Crippen molar-refractivity contribution in [1.29, 1.82) is 0 Å². The van der Waals surface area contributed by atoms with Crippen molar-refractivity contribution >= 4 is 11.9 Å². The molecule has 2 aliphatic rings. The maximum Gasteiger partial charge on any atom is 0.354 e. The van der Waals surface area contributed by atoms with Crippen LogP contribution in [-0.2, 0) is 12.8 Å². The Morgan fingerprint density at radius 2 is 1.83 bits per heavy atom. The Morgan fingerprint density at radius 3 is 2.56 bits per heavy atom. The molecule has 1 aromatic heterocycles. The number of aryl methyl sites for hydroxylation is 1. The molecule has 1 fully saturated rings. The number of aromatic nitrogens is 2. The molecular weight excluding hydrogens is 230 g/mol. The van der Waals surface area contributed by atoms with Crippen molar-refractivity contribution in [3.05, 3.63) is 17.0 Å². The minimum absolute atomic E-state index is 0.220. The van der Waals surface area contributed by atoms with Crippen molar-refractivity contribution in [1.82, 2.24) is 9.97 Å². The van der Waals surface area contributed by atoms with Crippen LogP contribution >= 0.6 is 0 Å². The summed E-state index contributed by atoms with van der Waals surface area (Å²) in [4.78, 5) is 22.3. The molecule has 0 atom stereocenters. The molecule has 3 rings (SSSR count). The van der Waals surface area contributed by atoms with Crippen LogP contribution in [0.25, 0.3) is 0 Å². The van der Waals surface area contributed by atoms with Crippen LogP contribution in [0, 0.1) is 0 Å². The van der Waals surface area contributed by atoms with Gasteiger partial charge in [0, 0.05) is 18.7 Å². The molecule has 96 valence electrons. The van der Waals surface area contributed by atoms with Crippen molar-refractivity contribution in [2.45, 2.75) is 38.5 Å². The summed E-state index contributed by atoms with van der Waals surface area (Å²) in [6, 6.07) is 0. The van der Waals surface area contributed by atoms with Crippen LogP contribution in [0.3, 0.4) is 0 Å². The SMILES string of the molecule is O=C(O)c1nc(N2CCCCC2)nc2c1CCC2. The summed E-state index contributed by atoms with van der Waals surface area (Å²) in [6.45, 7) is 1.88. The number of nitrogens with zero attached hydrogens (tertiary/aromatic N) is 3. The number of rotatable bonds is 2. The van der Waals surface area contributed by atoms with Crippen molar-refractivity contribution < 1.29 is 9.90 Å². The predicted octanol–water partition coefficient (Wildman–Crippen LogP) is 1.65. The van der Waals surface area contributed by atoms with E-state index in [0.29, 0.717) is 5.95 Å². The van der Waals surface area contributed by atoms with Crippen LogP contribution in [-0.4, -0.2) is 34.1 Å². The van der Waals surface area contributed by atoms with Gasteiger partial charge >= 0.3 is 5.97 Å². The first-order valence-corrected chi connectivity index (χ1v) is 6.64. The van der Waals surface area contributed by atoms with E-state index >= 15 is 0 Å². The smallest absolute Gasteiger partial charge is 0.354 e. The fourth-order valence-corrected chi connectivity index (χ4v) is 2.83. The minimum Gasteiger partial charge on any atom is -0.476 e. The highest BCUT2D eigenvalue weighted by Crippen LogP contribution is 2.26. The van der Waals surface area contributed by atoms with E-state index in [-0.39, 0.29) is 5.69 Å². The van der Waals surface area contributed by atoms with E-state index in [2.05, 4.69) is 14.9 Å². The molecule has 0 radical (unpaired) electrons. The third-order valence-electron chi connectivity index (χ3n) is 3.76. The second-order valence-electron chi connectivity index (χ2n) is 5.00. The van der Waals surface area contributed by atoms with Crippen molar-refractivity contribution in [2.75, 3.05) is 18.0 Å². The summed E-state index contributed by atoms with van der Waals surface area (Å²) in [5.41, 5.74) is 2.02. The van der Waals surface area contributed by atoms with Crippen molar-refractivity contribution in [3.63, 3.8) is 0 Å². The van der Waals surface area contributed by atoms with E-state index < -0.39 is 5.97 Å². The van der Waals surface area contributed by atoms with Gasteiger partial charge in [0.05, 0.1) is 5.69 Å². The highest BCUT2D eigenvalue weighted by Gasteiger charge is 2.25. The molecule has 5 heteroatoms. The Kier molecular flexibility index (Phi) is 2.89. The monoisotopic (exact) mass is 247 g/mol. The molecule has 1 aliphatic heterocycles. The summed E-state index contributed by atoms with van der Waals surface area (Å²) in [5, 5.41) is 9.26. The second-order valence-corrected chi connectivity index (χ2v) is 5.00. The average Bonchev–Trinajstić information content (AvgIpc) is 2.86. The molecule has 18 heavy (non-hydrogen) atoms. The molecule has 5 nitrogen and oxygen atoms in total. The third kappa shape index (κ3) is 1.94. The number of carboxylic acid groups (broad SMARTS) is 1. The van der Waals surface area contributed by atoms with Gasteiger partial charge in [-0.1, -0.05) is 0 Å². The number of anilines is 1. The molecule has 1 N–H and O–H groups in total. The first kappa shape index (κ1) is 11.4. The Bertz CT molecular complexity index is 481. The zero-order valence-corrected chi connectivity index (χ0v) is 10.4. The number of hydrogen-bond donors (Lipinski definition) is 1. The number of hydrogen-bond acceptors (Lipinski definition) is 4. The fourth-order valence-electron chi connectivity index (χ4n) is 2.83. The maximum atomic E-state index is 11.3. The number of carbonyl (C=O) groups is 1. The quantitative estimate of drug-likeness (QED) is 0.860. The van der Waals surface area contributed by atoms with Gasteiger partial charge in [0.2, 0.25) is 5.95 Å². The Morgan fingerprint density at radius 1 is 1.06 bits per heavy atom. The molecule has 1 aliphatic carbocycles. The third-order valence-corrected chi connectivity index (χ3v) is 3.76. The number of fused-ring (bicyclic) bond motifs is 1. The summed E-state index contributed by atoms with van der Waals surface area (Å²) in [6.07, 6.45) is 6.21. The molecular formula is C13H17N3O2. The first-order chi connectivity index (χ1) is 8.75. The van der Waals surface area contributed by atoms with Gasteiger partial charge in [0.1, 0.15) is 0 Å². The predicted molar refractivity (Wildman–Crippen MR) is 67.1 cm³/mol. The van der Waals surface area contributed by atoms with Gasteiger partial charge in [-0.25, -0.2) is 14.8 Å². The van der Waals surface area contributed by atoms with Gasteiger partial charge < -0.3 is 10.0 Å². The van der Waals surface area contributed by atoms with Gasteiger partial charge in [-0.05, 0) is 38.5 Å². The molecule has 0 bridgehead atoms. The molecule has 0 spiro atoms. The van der Waals surface area contributed by atoms with E-state index in [1.54, 1.807) is 0 Å². The molecule has 1 aromatic rings. The van der Waals surface area contributed by atoms with Crippen molar-refractivity contribution in [3.8, 4) is 0 Å². The van der Waals surface area contributed by atoms with Gasteiger partial charge in [-0.3, -0.25) is 0 Å². The molecule has 0 unspecified atom stereocenters. The first-order valence-electron chi connectivity index (χ1n) is 6.64. The van der Waals surface area contributed by atoms with E-state index in [0.717, 1.165) is 56.5 Å². The lowest BCUT2D eigenvalue weighted by Crippen LogP contribution is -2.32. The largest absolute Gasteiger partial charge is 0.476 e. The minimum atomic E-state index is -0.922. The van der Waals surface area contributed by atoms with Crippen LogP contribution in [0.2, 0.25) is 0 Å². The Hall–Kier alpha value is -1.65. The van der Waals surface area contributed by atoms with Gasteiger partial charge in [0.15, 0.2) is 5.69 Å². The van der Waals surface area contributed by atoms with Crippen LogP contribution in [0.15, 0.2) is 0 Å². The van der Waals surface area contributed by atoms with Gasteiger partial charge in [0.25, 0.3) is 0 Å². The molecule has 0 amide bonds. The lowest BCUT2D eigenvalue weighted by molar-refractivity contribution is 0.0689. The average molecular weight is 247 g/mol. The van der Waals surface area contributed by atoms with E-state index in [9.17, 15) is 9.90 Å².